The van der Waals surface area contributed by atoms with Gasteiger partial charge in [0.25, 0.3) is 0 Å². The molecular formula is C32H24P2. The molecule has 0 aliphatic carbocycles. The lowest BCUT2D eigenvalue weighted by Crippen LogP contribution is -1.97. The van der Waals surface area contributed by atoms with Crippen LogP contribution >= 0.6 is 16.4 Å². The lowest BCUT2D eigenvalue weighted by Gasteiger charge is -2.12. The molecular weight excluding hydrogens is 446 g/mol. The van der Waals surface area contributed by atoms with Crippen LogP contribution in [0.25, 0.3) is 42.0 Å². The van der Waals surface area contributed by atoms with Crippen LogP contribution in [-0.4, -0.2) is 0 Å². The van der Waals surface area contributed by atoms with Crippen LogP contribution in [0.3, 0.4) is 0 Å². The van der Waals surface area contributed by atoms with Crippen molar-refractivity contribution in [2.45, 2.75) is 12.8 Å². The molecule has 0 N–H and O–H groups in total. The fourth-order valence-electron chi connectivity index (χ4n) is 5.48. The van der Waals surface area contributed by atoms with Crippen molar-refractivity contribution in [3.63, 3.8) is 0 Å². The van der Waals surface area contributed by atoms with Gasteiger partial charge in [0, 0.05) is 10.2 Å². The largest absolute Gasteiger partial charge is 0.123 e. The van der Waals surface area contributed by atoms with Gasteiger partial charge in [-0.15, -0.1) is 16.4 Å². The molecule has 2 heterocycles. The van der Waals surface area contributed by atoms with Crippen LogP contribution in [0.15, 0.2) is 109 Å². The molecule has 2 aromatic heterocycles. The van der Waals surface area contributed by atoms with Gasteiger partial charge in [-0.1, -0.05) is 109 Å². The van der Waals surface area contributed by atoms with Gasteiger partial charge in [0.05, 0.1) is 0 Å². The average Bonchev–Trinajstić information content (AvgIpc) is 3.45. The molecule has 34 heavy (non-hydrogen) atoms. The summed E-state index contributed by atoms with van der Waals surface area (Å²) in [6.07, 6.45) is 2.00. The van der Waals surface area contributed by atoms with Gasteiger partial charge in [0.2, 0.25) is 0 Å². The van der Waals surface area contributed by atoms with E-state index >= 15 is 0 Å². The van der Waals surface area contributed by atoms with E-state index in [2.05, 4.69) is 109 Å². The predicted molar refractivity (Wildman–Crippen MR) is 154 cm³/mol. The minimum atomic E-state index is 0.759. The van der Waals surface area contributed by atoms with E-state index in [9.17, 15) is 0 Å². The van der Waals surface area contributed by atoms with Gasteiger partial charge < -0.3 is 0 Å². The maximum absolute atomic E-state index is 2.34. The average molecular weight is 470 g/mol. The van der Waals surface area contributed by atoms with Crippen LogP contribution < -0.4 is 0 Å². The Morgan fingerprint density at radius 3 is 1.24 bits per heavy atom. The number of rotatable bonds is 4. The summed E-state index contributed by atoms with van der Waals surface area (Å²) in [5.41, 5.74) is 5.86. The van der Waals surface area contributed by atoms with Gasteiger partial charge >= 0.3 is 0 Å². The van der Waals surface area contributed by atoms with Gasteiger partial charge in [0.15, 0.2) is 0 Å². The van der Waals surface area contributed by atoms with E-state index in [1.54, 1.807) is 0 Å². The summed E-state index contributed by atoms with van der Waals surface area (Å²) < 4.78 is 0. The highest BCUT2D eigenvalue weighted by Gasteiger charge is 2.12. The lowest BCUT2D eigenvalue weighted by molar-refractivity contribution is 1.11. The molecule has 2 unspecified atom stereocenters. The third-order valence-corrected chi connectivity index (χ3v) is 10.2. The normalized spacial score (nSPS) is 12.2. The molecule has 7 aromatic rings. The molecule has 0 fully saturated rings. The Balaban J connectivity index is 1.31. The van der Waals surface area contributed by atoms with E-state index in [0.717, 1.165) is 29.2 Å². The van der Waals surface area contributed by atoms with Crippen LogP contribution in [0.5, 0.6) is 0 Å². The second-order valence-corrected chi connectivity index (χ2v) is 11.7. The van der Waals surface area contributed by atoms with Crippen LogP contribution in [0.2, 0.25) is 0 Å². The smallest absolute Gasteiger partial charge is 0.00293 e. The van der Waals surface area contributed by atoms with Crippen molar-refractivity contribution in [3.8, 4) is 0 Å². The zero-order valence-electron chi connectivity index (χ0n) is 18.8. The first-order valence-corrected chi connectivity index (χ1v) is 13.9. The van der Waals surface area contributed by atoms with Crippen LogP contribution in [0.4, 0.5) is 0 Å². The first kappa shape index (κ1) is 20.1. The maximum Gasteiger partial charge on any atom is 0.00293 e. The van der Waals surface area contributed by atoms with E-state index in [4.69, 9.17) is 0 Å². The Labute approximate surface area is 202 Å². The number of hydrogen-bond donors (Lipinski definition) is 0. The van der Waals surface area contributed by atoms with Crippen LogP contribution in [0, 0.1) is 0 Å². The number of hydrogen-bond acceptors (Lipinski definition) is 0. The maximum atomic E-state index is 2.34. The molecule has 0 nitrogen and oxygen atoms in total. The zero-order valence-corrected chi connectivity index (χ0v) is 20.8. The molecule has 0 radical (unpaired) electrons. The minimum absolute atomic E-state index is 0.759. The Morgan fingerprint density at radius 1 is 0.353 bits per heavy atom. The van der Waals surface area contributed by atoms with Gasteiger partial charge in [-0.2, -0.15) is 0 Å². The van der Waals surface area contributed by atoms with Crippen molar-refractivity contribution in [1.29, 1.82) is 0 Å². The van der Waals surface area contributed by atoms with E-state index < -0.39 is 0 Å². The van der Waals surface area contributed by atoms with Crippen molar-refractivity contribution < 1.29 is 0 Å². The molecule has 2 atom stereocenters. The topological polar surface area (TPSA) is 0 Å². The summed E-state index contributed by atoms with van der Waals surface area (Å²) in [4.78, 5) is 0. The van der Waals surface area contributed by atoms with Crippen molar-refractivity contribution in [2.75, 3.05) is 0 Å². The van der Waals surface area contributed by atoms with E-state index in [1.165, 1.54) is 64.3 Å². The van der Waals surface area contributed by atoms with Gasteiger partial charge in [-0.25, -0.2) is 0 Å². The van der Waals surface area contributed by atoms with Crippen LogP contribution in [-0.2, 0) is 12.8 Å². The van der Waals surface area contributed by atoms with Crippen molar-refractivity contribution in [2.24, 2.45) is 0 Å². The zero-order chi connectivity index (χ0) is 22.5. The lowest BCUT2D eigenvalue weighted by atomic mass is 9.94. The molecule has 7 rings (SSSR count). The second-order valence-electron chi connectivity index (χ2n) is 9.14. The SMILES string of the molecule is c1ccc(Cc2cccc3c2[pH]c2ccccc23)c(Cc2cccc3c2[pH]c2ccccc23)c1. The standard InChI is InChI=1S/C32H24P2/c1-2-10-22(20-24-12-8-16-28-26-14-4-6-18-30(26)34-32(24)28)21(9-1)19-23-11-7-15-27-25-13-3-5-17-29(25)33-31(23)27/h1-18,33-34H,19-20H2. The molecule has 162 valence electrons. The number of fused-ring (bicyclic) bond motifs is 6. The monoisotopic (exact) mass is 470 g/mol. The third kappa shape index (κ3) is 3.30. The quantitative estimate of drug-likeness (QED) is 0.240. The summed E-state index contributed by atoms with van der Waals surface area (Å²) in [5.74, 6) is 0. The predicted octanol–water partition coefficient (Wildman–Crippen LogP) is 9.54. The Hall–Kier alpha value is -3.30. The van der Waals surface area contributed by atoms with Gasteiger partial charge in [0.1, 0.15) is 0 Å². The summed E-state index contributed by atoms with van der Waals surface area (Å²) in [7, 11) is 1.52. The number of benzene rings is 5. The van der Waals surface area contributed by atoms with E-state index in [-0.39, 0.29) is 0 Å². The fourth-order valence-corrected chi connectivity index (χ4v) is 8.45. The molecule has 0 bridgehead atoms. The Kier molecular flexibility index (Phi) is 4.83. The second kappa shape index (κ2) is 8.18. The molecule has 5 aromatic carbocycles. The highest BCUT2D eigenvalue weighted by Crippen LogP contribution is 2.42. The van der Waals surface area contributed by atoms with Crippen molar-refractivity contribution in [3.05, 3.63) is 131 Å². The first-order chi connectivity index (χ1) is 16.8. The molecule has 0 amide bonds. The summed E-state index contributed by atoms with van der Waals surface area (Å²) >= 11 is 0. The molecule has 0 spiro atoms. The molecule has 0 saturated heterocycles. The molecule has 0 saturated carbocycles. The highest BCUT2D eigenvalue weighted by molar-refractivity contribution is 7.44. The summed E-state index contributed by atoms with van der Waals surface area (Å²) in [6, 6.07) is 40.6. The van der Waals surface area contributed by atoms with Crippen LogP contribution in [0.1, 0.15) is 22.3 Å². The van der Waals surface area contributed by atoms with Crippen molar-refractivity contribution in [1.82, 2.24) is 0 Å². The molecule has 0 aliphatic heterocycles. The summed E-state index contributed by atoms with van der Waals surface area (Å²) in [5, 5.41) is 11.8. The fraction of sp³-hybridized carbons (Fsp3) is 0.0625. The van der Waals surface area contributed by atoms with Gasteiger partial charge in [-0.05, 0) is 66.9 Å². The Morgan fingerprint density at radius 2 is 0.735 bits per heavy atom. The van der Waals surface area contributed by atoms with E-state index in [0.29, 0.717) is 0 Å². The van der Waals surface area contributed by atoms with E-state index in [1.807, 2.05) is 0 Å². The van der Waals surface area contributed by atoms with Crippen molar-refractivity contribution >= 4 is 58.4 Å². The first-order valence-electron chi connectivity index (χ1n) is 11.9. The molecule has 2 heteroatoms. The highest BCUT2D eigenvalue weighted by atomic mass is 31.0. The minimum Gasteiger partial charge on any atom is -0.123 e. The summed E-state index contributed by atoms with van der Waals surface area (Å²) in [6.45, 7) is 0. The third-order valence-electron chi connectivity index (χ3n) is 7.14. The molecule has 0 aliphatic rings. The Bertz CT molecular complexity index is 1680. The van der Waals surface area contributed by atoms with Gasteiger partial charge in [-0.3, -0.25) is 0 Å².